The largest absolute Gasteiger partial charge is 0.420 e. The maximum absolute atomic E-state index is 12.6. The number of nitrogens with zero attached hydrogens (tertiary/aromatic N) is 4. The molecule has 2 aromatic carbocycles. The molecule has 1 atom stereocenters. The average molecular weight is 488 g/mol. The number of nitro benzene ring substituents is 1. The Bertz CT molecular complexity index is 1420. The van der Waals surface area contributed by atoms with Crippen molar-refractivity contribution in [3.8, 4) is 29.0 Å². The van der Waals surface area contributed by atoms with Crippen molar-refractivity contribution in [1.82, 2.24) is 15.1 Å². The van der Waals surface area contributed by atoms with Crippen LogP contribution in [0.5, 0.6) is 11.6 Å². The molecular formula is C24H20N6O6. The molecule has 36 heavy (non-hydrogen) atoms. The molecule has 12 heteroatoms. The molecule has 0 spiro atoms. The summed E-state index contributed by atoms with van der Waals surface area (Å²) in [6.07, 6.45) is -0.501. The molecular weight excluding hydrogens is 468 g/mol. The number of ether oxygens (including phenoxy) is 3. The van der Waals surface area contributed by atoms with Crippen molar-refractivity contribution in [2.45, 2.75) is 5.92 Å². The van der Waals surface area contributed by atoms with Gasteiger partial charge in [-0.2, -0.15) is 5.26 Å². The third-order valence-corrected chi connectivity index (χ3v) is 5.95. The van der Waals surface area contributed by atoms with Gasteiger partial charge in [0, 0.05) is 30.8 Å². The second-order valence-electron chi connectivity index (χ2n) is 8.09. The van der Waals surface area contributed by atoms with Crippen LogP contribution in [0.2, 0.25) is 0 Å². The van der Waals surface area contributed by atoms with E-state index in [1.807, 2.05) is 0 Å². The summed E-state index contributed by atoms with van der Waals surface area (Å²) < 4.78 is 16.4. The predicted octanol–water partition coefficient (Wildman–Crippen LogP) is 3.03. The van der Waals surface area contributed by atoms with Crippen LogP contribution in [0.3, 0.4) is 0 Å². The van der Waals surface area contributed by atoms with E-state index >= 15 is 0 Å². The molecule has 2 aliphatic rings. The van der Waals surface area contributed by atoms with E-state index in [2.05, 4.69) is 16.3 Å². The number of benzene rings is 2. The molecule has 5 rings (SSSR count). The molecule has 0 saturated carbocycles. The zero-order chi connectivity index (χ0) is 25.2. The summed E-state index contributed by atoms with van der Waals surface area (Å²) in [6.45, 7) is 1.75. The molecule has 1 fully saturated rings. The fraction of sp³-hybridized carbons (Fsp3) is 0.208. The summed E-state index contributed by atoms with van der Waals surface area (Å²) in [5, 5.41) is 28.3. The van der Waals surface area contributed by atoms with Gasteiger partial charge < -0.3 is 24.8 Å². The quantitative estimate of drug-likeness (QED) is 0.414. The van der Waals surface area contributed by atoms with E-state index in [9.17, 15) is 20.2 Å². The first-order valence-corrected chi connectivity index (χ1v) is 11.0. The number of carbonyl (C=O) groups excluding carboxylic acids is 1. The maximum Gasteiger partial charge on any atom is 0.415 e. The average Bonchev–Trinajstić information content (AvgIpc) is 3.31. The van der Waals surface area contributed by atoms with Crippen LogP contribution in [0, 0.1) is 21.4 Å². The number of carbonyl (C=O) groups is 1. The van der Waals surface area contributed by atoms with Gasteiger partial charge in [-0.05, 0) is 17.7 Å². The van der Waals surface area contributed by atoms with Crippen molar-refractivity contribution in [2.75, 3.05) is 26.3 Å². The van der Waals surface area contributed by atoms with Crippen molar-refractivity contribution >= 4 is 11.8 Å². The van der Waals surface area contributed by atoms with E-state index in [1.54, 1.807) is 41.3 Å². The van der Waals surface area contributed by atoms with E-state index in [-0.39, 0.29) is 28.8 Å². The topological polar surface area (TPSA) is 170 Å². The molecule has 182 valence electrons. The number of allylic oxidation sites excluding steroid dienone is 1. The van der Waals surface area contributed by atoms with Crippen LogP contribution in [0.25, 0.3) is 11.3 Å². The Morgan fingerprint density at radius 2 is 2.03 bits per heavy atom. The molecule has 2 aliphatic heterocycles. The van der Waals surface area contributed by atoms with Crippen LogP contribution in [-0.4, -0.2) is 52.4 Å². The highest BCUT2D eigenvalue weighted by molar-refractivity contribution is 5.73. The fourth-order valence-corrected chi connectivity index (χ4v) is 4.24. The Kier molecular flexibility index (Phi) is 5.97. The minimum Gasteiger partial charge on any atom is -0.420 e. The number of nitrogens with two attached hydrogens (primary N) is 1. The van der Waals surface area contributed by atoms with Gasteiger partial charge in [0.15, 0.2) is 0 Å². The fourth-order valence-electron chi connectivity index (χ4n) is 4.24. The van der Waals surface area contributed by atoms with E-state index in [4.69, 9.17) is 19.9 Å². The first-order valence-electron chi connectivity index (χ1n) is 11.0. The van der Waals surface area contributed by atoms with Crippen LogP contribution < -0.4 is 15.2 Å². The molecule has 0 bridgehead atoms. The van der Waals surface area contributed by atoms with Crippen LogP contribution in [-0.2, 0) is 4.74 Å². The van der Waals surface area contributed by atoms with Gasteiger partial charge in [-0.25, -0.2) is 4.79 Å². The third kappa shape index (κ3) is 4.19. The van der Waals surface area contributed by atoms with E-state index in [1.165, 1.54) is 12.1 Å². The number of hydrogen-bond donors (Lipinski definition) is 2. The lowest BCUT2D eigenvalue weighted by Crippen LogP contribution is -2.42. The van der Waals surface area contributed by atoms with Crippen LogP contribution in [0.15, 0.2) is 60.0 Å². The van der Waals surface area contributed by atoms with Crippen molar-refractivity contribution < 1.29 is 23.9 Å². The zero-order valence-corrected chi connectivity index (χ0v) is 18.8. The number of nitriles is 1. The Hall–Kier alpha value is -4.89. The summed E-state index contributed by atoms with van der Waals surface area (Å²) in [6, 6.07) is 14.9. The van der Waals surface area contributed by atoms with Gasteiger partial charge in [0.2, 0.25) is 11.8 Å². The van der Waals surface area contributed by atoms with Crippen molar-refractivity contribution in [2.24, 2.45) is 5.73 Å². The molecule has 1 unspecified atom stereocenters. The van der Waals surface area contributed by atoms with Gasteiger partial charge in [-0.3, -0.25) is 15.2 Å². The van der Waals surface area contributed by atoms with Crippen LogP contribution >= 0.6 is 0 Å². The van der Waals surface area contributed by atoms with Gasteiger partial charge >= 0.3 is 6.09 Å². The number of hydrogen-bond acceptors (Lipinski definition) is 9. The number of H-pyrrole nitrogens is 1. The molecule has 0 radical (unpaired) electrons. The smallest absolute Gasteiger partial charge is 0.415 e. The molecule has 3 heterocycles. The van der Waals surface area contributed by atoms with Crippen molar-refractivity contribution in [1.29, 1.82) is 5.26 Å². The Labute approximate surface area is 204 Å². The highest BCUT2D eigenvalue weighted by Crippen LogP contribution is 2.46. The number of non-ortho nitro benzene ring substituents is 1. The van der Waals surface area contributed by atoms with Gasteiger partial charge in [0.25, 0.3) is 5.69 Å². The third-order valence-electron chi connectivity index (χ3n) is 5.95. The lowest BCUT2D eigenvalue weighted by atomic mass is 9.83. The van der Waals surface area contributed by atoms with Crippen LogP contribution in [0.4, 0.5) is 10.5 Å². The summed E-state index contributed by atoms with van der Waals surface area (Å²) in [5.74, 6) is -0.404. The second kappa shape index (κ2) is 9.40. The number of nitrogens with one attached hydrogen (secondary N) is 1. The molecule has 3 N–H and O–H groups in total. The molecule has 1 aromatic heterocycles. The van der Waals surface area contributed by atoms with Gasteiger partial charge in [0.1, 0.15) is 17.4 Å². The first kappa shape index (κ1) is 22.9. The molecule has 12 nitrogen and oxygen atoms in total. The standard InChI is InChI=1S/C24H20N6O6/c25-13-18-19(14-3-2-6-17(12-14)35-24(31)29-7-9-34-10-8-29)20-21(27-28-23(20)36-22(18)26)15-4-1-5-16(11-15)30(32)33/h1-6,11-12,19H,7-10,26H2,(H,27,28). The number of nitro groups is 1. The normalized spacial score (nSPS) is 17.1. The summed E-state index contributed by atoms with van der Waals surface area (Å²) in [4.78, 5) is 25.0. The number of amides is 1. The van der Waals surface area contributed by atoms with Gasteiger partial charge in [-0.15, -0.1) is 5.10 Å². The monoisotopic (exact) mass is 488 g/mol. The summed E-state index contributed by atoms with van der Waals surface area (Å²) in [7, 11) is 0. The van der Waals surface area contributed by atoms with Crippen LogP contribution in [0.1, 0.15) is 17.0 Å². The predicted molar refractivity (Wildman–Crippen MR) is 125 cm³/mol. The van der Waals surface area contributed by atoms with Gasteiger partial charge in [0.05, 0.1) is 35.3 Å². The number of rotatable bonds is 4. The highest BCUT2D eigenvalue weighted by Gasteiger charge is 2.36. The summed E-state index contributed by atoms with van der Waals surface area (Å²) in [5.41, 5.74) is 8.09. The summed E-state index contributed by atoms with van der Waals surface area (Å²) >= 11 is 0. The Balaban J connectivity index is 1.55. The lowest BCUT2D eigenvalue weighted by Gasteiger charge is -2.26. The molecule has 1 amide bonds. The minimum absolute atomic E-state index is 0.100. The molecule has 0 aliphatic carbocycles. The Morgan fingerprint density at radius 1 is 1.25 bits per heavy atom. The van der Waals surface area contributed by atoms with Crippen molar-refractivity contribution in [3.05, 3.63) is 81.2 Å². The molecule has 1 saturated heterocycles. The van der Waals surface area contributed by atoms with Crippen molar-refractivity contribution in [3.63, 3.8) is 0 Å². The number of aromatic nitrogens is 2. The van der Waals surface area contributed by atoms with E-state index < -0.39 is 16.9 Å². The minimum atomic E-state index is -0.728. The van der Waals surface area contributed by atoms with Gasteiger partial charge in [-0.1, -0.05) is 24.3 Å². The second-order valence-corrected chi connectivity index (χ2v) is 8.09. The number of fused-ring (bicyclic) bond motifs is 1. The lowest BCUT2D eigenvalue weighted by molar-refractivity contribution is -0.384. The maximum atomic E-state index is 12.6. The Morgan fingerprint density at radius 3 is 2.78 bits per heavy atom. The molecule has 3 aromatic rings. The highest BCUT2D eigenvalue weighted by atomic mass is 16.6. The first-order chi connectivity index (χ1) is 17.5. The SMILES string of the molecule is N#CC1=C(N)Oc2n[nH]c(-c3cccc([N+](=O)[O-])c3)c2C1c1cccc(OC(=O)N2CCOCC2)c1. The van der Waals surface area contributed by atoms with E-state index in [0.717, 1.165) is 0 Å². The van der Waals surface area contributed by atoms with E-state index in [0.29, 0.717) is 48.7 Å². The number of morpholine rings is 1. The number of aromatic amines is 1. The zero-order valence-electron chi connectivity index (χ0n) is 18.8.